The number of aliphatic hydroxyl groups is 1. The van der Waals surface area contributed by atoms with Crippen molar-refractivity contribution >= 4 is 38.4 Å². The molecule has 3 N–H and O–H groups in total. The largest absolute Gasteiger partial charge is 0.383 e. The van der Waals surface area contributed by atoms with E-state index in [0.29, 0.717) is 60.7 Å². The molecule has 7 fully saturated rings. The van der Waals surface area contributed by atoms with E-state index in [9.17, 15) is 13.5 Å². The molecule has 238 valence electrons. The molecule has 1 aromatic carbocycles. The molecule has 10 nitrogen and oxygen atoms in total. The van der Waals surface area contributed by atoms with Gasteiger partial charge in [0.1, 0.15) is 16.9 Å². The summed E-state index contributed by atoms with van der Waals surface area (Å²) in [6.07, 6.45) is 6.35. The SMILES string of the molecule is CC(C)n1c(C(C)(C)O)nc2c(F)cc(-c3nc(N[C@]45C[C@H]6CC(S(=O)(=O)C7CCCC7)(N6)O[C@H](C4)[C@H]5C)ncc3Cl)cc21. The number of hydrogen-bond acceptors (Lipinski definition) is 9. The zero-order valence-corrected chi connectivity index (χ0v) is 27.3. The predicted molar refractivity (Wildman–Crippen MR) is 166 cm³/mol. The van der Waals surface area contributed by atoms with Gasteiger partial charge in [0.2, 0.25) is 11.0 Å². The maximum absolute atomic E-state index is 15.5. The third-order valence-corrected chi connectivity index (χ3v) is 13.2. The van der Waals surface area contributed by atoms with Gasteiger partial charge in [0.05, 0.1) is 33.8 Å². The highest BCUT2D eigenvalue weighted by atomic mass is 35.5. The summed E-state index contributed by atoms with van der Waals surface area (Å²) in [5, 5.41) is 16.3. The van der Waals surface area contributed by atoms with Crippen molar-refractivity contribution in [2.24, 2.45) is 5.92 Å². The van der Waals surface area contributed by atoms with E-state index < -0.39 is 31.9 Å². The molecule has 0 spiro atoms. The molecular formula is C31H40ClFN6O4S. The Balaban J connectivity index is 1.18. The third kappa shape index (κ3) is 4.50. The van der Waals surface area contributed by atoms with Gasteiger partial charge in [-0.1, -0.05) is 31.4 Å². The number of halogens is 2. The van der Waals surface area contributed by atoms with Gasteiger partial charge in [-0.3, -0.25) is 5.32 Å². The smallest absolute Gasteiger partial charge is 0.225 e. The van der Waals surface area contributed by atoms with Crippen LogP contribution < -0.4 is 10.6 Å². The summed E-state index contributed by atoms with van der Waals surface area (Å²) in [5.41, 5.74) is -0.122. The summed E-state index contributed by atoms with van der Waals surface area (Å²) < 4.78 is 51.0. The first kappa shape index (κ1) is 30.3. The highest BCUT2D eigenvalue weighted by Gasteiger charge is 2.67. The van der Waals surface area contributed by atoms with Gasteiger partial charge in [0, 0.05) is 35.5 Å². The van der Waals surface area contributed by atoms with Crippen LogP contribution in [-0.2, 0) is 20.2 Å². The summed E-state index contributed by atoms with van der Waals surface area (Å²) in [4.78, 5) is 13.7. The first-order valence-corrected chi connectivity index (χ1v) is 17.5. The molecule has 3 aromatic rings. The number of benzene rings is 1. The fourth-order valence-electron chi connectivity index (χ4n) is 7.88. The summed E-state index contributed by atoms with van der Waals surface area (Å²) >= 11 is 6.59. The van der Waals surface area contributed by atoms with Crippen LogP contribution in [0, 0.1) is 11.7 Å². The minimum absolute atomic E-state index is 0.0164. The summed E-state index contributed by atoms with van der Waals surface area (Å²) in [7, 11) is -3.46. The second-order valence-electron chi connectivity index (χ2n) is 14.1. The molecule has 2 saturated carbocycles. The maximum atomic E-state index is 15.5. The summed E-state index contributed by atoms with van der Waals surface area (Å²) in [6.45, 7) is 9.25. The second-order valence-corrected chi connectivity index (χ2v) is 16.9. The molecule has 5 aliphatic heterocycles. The molecule has 0 amide bonds. The minimum atomic E-state index is -3.46. The number of imidazole rings is 1. The van der Waals surface area contributed by atoms with E-state index in [1.165, 1.54) is 12.3 Å². The van der Waals surface area contributed by atoms with Crippen molar-refractivity contribution < 1.29 is 22.7 Å². The van der Waals surface area contributed by atoms with Crippen LogP contribution in [0.25, 0.3) is 22.3 Å². The van der Waals surface area contributed by atoms with E-state index >= 15 is 4.39 Å². The van der Waals surface area contributed by atoms with Crippen LogP contribution in [0.1, 0.15) is 91.4 Å². The average molecular weight is 647 g/mol. The van der Waals surface area contributed by atoms with Crippen LogP contribution in [0.2, 0.25) is 5.02 Å². The molecule has 1 unspecified atom stereocenters. The van der Waals surface area contributed by atoms with E-state index in [-0.39, 0.29) is 39.9 Å². The maximum Gasteiger partial charge on any atom is 0.225 e. The van der Waals surface area contributed by atoms with Gasteiger partial charge < -0.3 is 19.7 Å². The monoisotopic (exact) mass is 646 g/mol. The van der Waals surface area contributed by atoms with Gasteiger partial charge in [0.25, 0.3) is 0 Å². The van der Waals surface area contributed by atoms with Crippen molar-refractivity contribution in [3.8, 4) is 11.3 Å². The van der Waals surface area contributed by atoms with E-state index in [1.54, 1.807) is 19.9 Å². The molecule has 13 heteroatoms. The van der Waals surface area contributed by atoms with Crippen LogP contribution in [0.15, 0.2) is 18.3 Å². The molecule has 7 aliphatic rings. The Hall–Kier alpha value is -2.38. The molecule has 5 atom stereocenters. The molecular weight excluding hydrogens is 607 g/mol. The number of nitrogens with one attached hydrogen (secondary N) is 2. The molecule has 7 heterocycles. The van der Waals surface area contributed by atoms with Gasteiger partial charge in [0.15, 0.2) is 15.7 Å². The molecule has 44 heavy (non-hydrogen) atoms. The van der Waals surface area contributed by atoms with Crippen LogP contribution >= 0.6 is 11.6 Å². The van der Waals surface area contributed by atoms with Crippen LogP contribution in [0.4, 0.5) is 10.3 Å². The number of anilines is 1. The third-order valence-electron chi connectivity index (χ3n) is 10.3. The van der Waals surface area contributed by atoms with Crippen molar-refractivity contribution in [2.45, 2.75) is 119 Å². The van der Waals surface area contributed by atoms with Gasteiger partial charge in [-0.2, -0.15) is 0 Å². The van der Waals surface area contributed by atoms with Gasteiger partial charge in [-0.05, 0) is 65.5 Å². The molecule has 10 rings (SSSR count). The lowest BCUT2D eigenvalue weighted by molar-refractivity contribution is -0.211. The topological polar surface area (TPSA) is 131 Å². The number of aromatic nitrogens is 4. The number of sulfone groups is 1. The van der Waals surface area contributed by atoms with Crippen LogP contribution in [0.5, 0.6) is 0 Å². The van der Waals surface area contributed by atoms with Gasteiger partial charge >= 0.3 is 0 Å². The Bertz CT molecular complexity index is 1750. The van der Waals surface area contributed by atoms with Gasteiger partial charge in [-0.15, -0.1) is 0 Å². The molecule has 0 radical (unpaired) electrons. The summed E-state index contributed by atoms with van der Waals surface area (Å²) in [5.74, 6) is 0.209. The first-order valence-electron chi connectivity index (χ1n) is 15.6. The minimum Gasteiger partial charge on any atom is -0.383 e. The number of ether oxygens (including phenoxy) is 1. The summed E-state index contributed by atoms with van der Waals surface area (Å²) in [6, 6.07) is 3.05. The predicted octanol–water partition coefficient (Wildman–Crippen LogP) is 5.45. The van der Waals surface area contributed by atoms with Crippen molar-refractivity contribution in [1.29, 1.82) is 0 Å². The zero-order chi connectivity index (χ0) is 31.4. The zero-order valence-electron chi connectivity index (χ0n) is 25.7. The lowest BCUT2D eigenvalue weighted by atomic mass is 9.60. The highest BCUT2D eigenvalue weighted by Crippen LogP contribution is 2.55. The number of nitrogens with zero attached hydrogens (tertiary/aromatic N) is 4. The number of rotatable bonds is 7. The van der Waals surface area contributed by atoms with E-state index in [4.69, 9.17) is 21.3 Å². The van der Waals surface area contributed by atoms with Gasteiger partial charge in [-0.25, -0.2) is 27.8 Å². The first-order chi connectivity index (χ1) is 20.6. The Morgan fingerprint density at radius 3 is 2.55 bits per heavy atom. The molecule has 2 aromatic heterocycles. The fraction of sp³-hybridized carbons (Fsp3) is 0.645. The quantitative estimate of drug-likeness (QED) is 0.307. The number of fused-ring (bicyclic) bond motifs is 1. The Morgan fingerprint density at radius 2 is 1.91 bits per heavy atom. The van der Waals surface area contributed by atoms with Crippen molar-refractivity contribution in [3.63, 3.8) is 0 Å². The fourth-order valence-corrected chi connectivity index (χ4v) is 10.6. The van der Waals surface area contributed by atoms with Crippen molar-refractivity contribution in [2.75, 3.05) is 5.32 Å². The standard InChI is InChI=1S/C31H40ClFN6O4S/c1-16(2)39-23-11-18(10-22(33)26(23)35-27(39)29(4,5)40)25-21(32)15-34-28(36-25)38-30-12-19-13-31(37-19,43-24(14-30)17(30)3)44(41,42)20-8-6-7-9-20/h10-11,15-17,19-20,24,37,40H,6-9,12-14H2,1-5H3,(H,34,36,38)/t17-,19+,24-,30-,31?/m1/s1. The highest BCUT2D eigenvalue weighted by molar-refractivity contribution is 7.93. The average Bonchev–Trinajstić information content (AvgIpc) is 3.59. The second kappa shape index (κ2) is 10.1. The van der Waals surface area contributed by atoms with E-state index in [1.807, 2.05) is 18.4 Å². The Labute approximate surface area is 262 Å². The molecule has 2 aliphatic carbocycles. The normalized spacial score (nSPS) is 30.6. The van der Waals surface area contributed by atoms with Crippen LogP contribution in [-0.4, -0.2) is 61.0 Å². The van der Waals surface area contributed by atoms with E-state index in [0.717, 1.165) is 12.8 Å². The molecule has 5 saturated heterocycles. The Morgan fingerprint density at radius 1 is 1.20 bits per heavy atom. The van der Waals surface area contributed by atoms with Crippen molar-refractivity contribution in [3.05, 3.63) is 35.0 Å². The van der Waals surface area contributed by atoms with E-state index in [2.05, 4.69) is 27.5 Å². The van der Waals surface area contributed by atoms with Crippen molar-refractivity contribution in [1.82, 2.24) is 24.8 Å². The molecule has 4 bridgehead atoms. The Kier molecular flexibility index (Phi) is 6.92. The lowest BCUT2D eigenvalue weighted by Gasteiger charge is -2.64. The number of hydrogen-bond donors (Lipinski definition) is 3. The lowest BCUT2D eigenvalue weighted by Crippen LogP contribution is -2.79. The van der Waals surface area contributed by atoms with Crippen LogP contribution in [0.3, 0.4) is 0 Å².